The standard InChI is InChI=1S/C18H22N2O2/c1-14-8-6-7-11-16(14)17(22-2)13-20-18(21)19-12-15-9-4-3-5-10-15/h3-11,17H,12-13H2,1-2H3,(H2,19,20,21). The molecule has 0 aromatic heterocycles. The van der Waals surface area contributed by atoms with Crippen LogP contribution in [0.15, 0.2) is 54.6 Å². The Morgan fingerprint density at radius 1 is 1.05 bits per heavy atom. The van der Waals surface area contributed by atoms with Crippen molar-refractivity contribution in [2.75, 3.05) is 13.7 Å². The maximum Gasteiger partial charge on any atom is 0.315 e. The van der Waals surface area contributed by atoms with Crippen LogP contribution in [-0.4, -0.2) is 19.7 Å². The molecule has 4 heteroatoms. The van der Waals surface area contributed by atoms with Gasteiger partial charge in [-0.15, -0.1) is 0 Å². The summed E-state index contributed by atoms with van der Waals surface area (Å²) in [4.78, 5) is 11.9. The Bertz CT molecular complexity index is 599. The maximum atomic E-state index is 11.9. The molecule has 4 nitrogen and oxygen atoms in total. The van der Waals surface area contributed by atoms with Crippen molar-refractivity contribution in [2.45, 2.75) is 19.6 Å². The second-order valence-corrected chi connectivity index (χ2v) is 5.13. The zero-order chi connectivity index (χ0) is 15.8. The summed E-state index contributed by atoms with van der Waals surface area (Å²) in [5.41, 5.74) is 3.31. The molecule has 0 fully saturated rings. The van der Waals surface area contributed by atoms with Gasteiger partial charge in [-0.3, -0.25) is 0 Å². The molecule has 1 unspecified atom stereocenters. The molecule has 0 aliphatic heterocycles. The van der Waals surface area contributed by atoms with Crippen LogP contribution in [0.4, 0.5) is 4.79 Å². The van der Waals surface area contributed by atoms with Crippen LogP contribution < -0.4 is 10.6 Å². The van der Waals surface area contributed by atoms with Gasteiger partial charge >= 0.3 is 6.03 Å². The number of urea groups is 1. The minimum absolute atomic E-state index is 0.149. The largest absolute Gasteiger partial charge is 0.375 e. The van der Waals surface area contributed by atoms with Crippen LogP contribution in [0.3, 0.4) is 0 Å². The van der Waals surface area contributed by atoms with E-state index >= 15 is 0 Å². The predicted molar refractivity (Wildman–Crippen MR) is 87.6 cm³/mol. The Labute approximate surface area is 131 Å². The van der Waals surface area contributed by atoms with Crippen molar-refractivity contribution in [3.05, 3.63) is 71.3 Å². The normalized spacial score (nSPS) is 11.7. The lowest BCUT2D eigenvalue weighted by Gasteiger charge is -2.18. The van der Waals surface area contributed by atoms with Gasteiger partial charge in [0.1, 0.15) is 0 Å². The Morgan fingerprint density at radius 2 is 1.73 bits per heavy atom. The lowest BCUT2D eigenvalue weighted by molar-refractivity contribution is 0.103. The van der Waals surface area contributed by atoms with Gasteiger partial charge < -0.3 is 15.4 Å². The molecular formula is C18H22N2O2. The summed E-state index contributed by atoms with van der Waals surface area (Å²) in [6, 6.07) is 17.6. The minimum Gasteiger partial charge on any atom is -0.375 e. The van der Waals surface area contributed by atoms with Crippen molar-refractivity contribution < 1.29 is 9.53 Å². The Morgan fingerprint density at radius 3 is 2.41 bits per heavy atom. The molecule has 0 saturated heterocycles. The van der Waals surface area contributed by atoms with E-state index in [4.69, 9.17) is 4.74 Å². The van der Waals surface area contributed by atoms with Crippen LogP contribution in [0.1, 0.15) is 22.8 Å². The SMILES string of the molecule is COC(CNC(=O)NCc1ccccc1)c1ccccc1C. The highest BCUT2D eigenvalue weighted by Crippen LogP contribution is 2.19. The molecule has 0 bridgehead atoms. The van der Waals surface area contributed by atoms with Gasteiger partial charge in [0.15, 0.2) is 0 Å². The third kappa shape index (κ3) is 4.60. The second-order valence-electron chi connectivity index (χ2n) is 5.13. The predicted octanol–water partition coefficient (Wildman–Crippen LogP) is 3.18. The first-order chi connectivity index (χ1) is 10.7. The summed E-state index contributed by atoms with van der Waals surface area (Å²) < 4.78 is 5.49. The molecule has 0 heterocycles. The maximum absolute atomic E-state index is 11.9. The summed E-state index contributed by atoms with van der Waals surface area (Å²) in [6.07, 6.45) is -0.149. The van der Waals surface area contributed by atoms with Crippen molar-refractivity contribution in [1.29, 1.82) is 0 Å². The minimum atomic E-state index is -0.195. The van der Waals surface area contributed by atoms with Crippen molar-refractivity contribution in [2.24, 2.45) is 0 Å². The zero-order valence-electron chi connectivity index (χ0n) is 13.0. The molecule has 0 radical (unpaired) electrons. The molecule has 2 N–H and O–H groups in total. The van der Waals surface area contributed by atoms with E-state index in [0.717, 1.165) is 16.7 Å². The van der Waals surface area contributed by atoms with Gasteiger partial charge in [0.2, 0.25) is 0 Å². The van der Waals surface area contributed by atoms with Gasteiger partial charge in [-0.25, -0.2) is 4.79 Å². The van der Waals surface area contributed by atoms with E-state index in [1.54, 1.807) is 7.11 Å². The fourth-order valence-electron chi connectivity index (χ4n) is 2.29. The highest BCUT2D eigenvalue weighted by atomic mass is 16.5. The van der Waals surface area contributed by atoms with Gasteiger partial charge in [-0.1, -0.05) is 54.6 Å². The molecule has 0 aliphatic rings. The summed E-state index contributed by atoms with van der Waals surface area (Å²) in [6.45, 7) is 2.98. The highest BCUT2D eigenvalue weighted by molar-refractivity contribution is 5.73. The number of benzene rings is 2. The first-order valence-corrected chi connectivity index (χ1v) is 7.34. The van der Waals surface area contributed by atoms with Crippen molar-refractivity contribution in [3.63, 3.8) is 0 Å². The van der Waals surface area contributed by atoms with E-state index < -0.39 is 0 Å². The Hall–Kier alpha value is -2.33. The van der Waals surface area contributed by atoms with E-state index in [2.05, 4.69) is 10.6 Å². The number of amides is 2. The number of nitrogens with one attached hydrogen (secondary N) is 2. The van der Waals surface area contributed by atoms with Gasteiger partial charge in [0.05, 0.1) is 6.10 Å². The molecule has 1 atom stereocenters. The molecule has 116 valence electrons. The van der Waals surface area contributed by atoms with Crippen LogP contribution >= 0.6 is 0 Å². The van der Waals surface area contributed by atoms with E-state index in [1.807, 2.05) is 61.5 Å². The van der Waals surface area contributed by atoms with Gasteiger partial charge in [0.25, 0.3) is 0 Å². The molecule has 0 spiro atoms. The number of ether oxygens (including phenoxy) is 1. The van der Waals surface area contributed by atoms with Gasteiger partial charge in [0, 0.05) is 20.2 Å². The summed E-state index contributed by atoms with van der Waals surface area (Å²) in [5, 5.41) is 5.69. The first-order valence-electron chi connectivity index (χ1n) is 7.34. The Balaban J connectivity index is 1.83. The fraction of sp³-hybridized carbons (Fsp3) is 0.278. The lowest BCUT2D eigenvalue weighted by atomic mass is 10.0. The van der Waals surface area contributed by atoms with E-state index in [9.17, 15) is 4.79 Å². The monoisotopic (exact) mass is 298 g/mol. The van der Waals surface area contributed by atoms with Crippen molar-refractivity contribution in [1.82, 2.24) is 10.6 Å². The molecule has 0 aliphatic carbocycles. The highest BCUT2D eigenvalue weighted by Gasteiger charge is 2.13. The van der Waals surface area contributed by atoms with Crippen LogP contribution in [0, 0.1) is 6.92 Å². The third-order valence-corrected chi connectivity index (χ3v) is 3.56. The molecule has 2 rings (SSSR count). The summed E-state index contributed by atoms with van der Waals surface area (Å²) in [5.74, 6) is 0. The topological polar surface area (TPSA) is 50.4 Å². The number of carbonyl (C=O) groups is 1. The molecule has 2 amide bonds. The van der Waals surface area contributed by atoms with Crippen LogP contribution in [-0.2, 0) is 11.3 Å². The number of carbonyl (C=O) groups excluding carboxylic acids is 1. The quantitative estimate of drug-likeness (QED) is 0.860. The lowest BCUT2D eigenvalue weighted by Crippen LogP contribution is -2.37. The van der Waals surface area contributed by atoms with Crippen molar-refractivity contribution >= 4 is 6.03 Å². The van der Waals surface area contributed by atoms with Crippen molar-refractivity contribution in [3.8, 4) is 0 Å². The van der Waals surface area contributed by atoms with E-state index in [0.29, 0.717) is 13.1 Å². The average Bonchev–Trinajstić information content (AvgIpc) is 2.56. The number of hydrogen-bond donors (Lipinski definition) is 2. The smallest absolute Gasteiger partial charge is 0.315 e. The molecule has 0 saturated carbocycles. The summed E-state index contributed by atoms with van der Waals surface area (Å²) >= 11 is 0. The number of rotatable bonds is 6. The first kappa shape index (κ1) is 16.0. The Kier molecular flexibility index (Phi) is 5.98. The van der Waals surface area contributed by atoms with Gasteiger partial charge in [-0.2, -0.15) is 0 Å². The number of hydrogen-bond acceptors (Lipinski definition) is 2. The molecule has 22 heavy (non-hydrogen) atoms. The molecule has 2 aromatic rings. The number of methoxy groups -OCH3 is 1. The molecular weight excluding hydrogens is 276 g/mol. The van der Waals surface area contributed by atoms with Crippen LogP contribution in [0.2, 0.25) is 0 Å². The fourth-order valence-corrected chi connectivity index (χ4v) is 2.29. The number of aryl methyl sites for hydroxylation is 1. The summed E-state index contributed by atoms with van der Waals surface area (Å²) in [7, 11) is 1.65. The zero-order valence-corrected chi connectivity index (χ0v) is 13.0. The van der Waals surface area contributed by atoms with E-state index in [-0.39, 0.29) is 12.1 Å². The third-order valence-electron chi connectivity index (χ3n) is 3.56. The average molecular weight is 298 g/mol. The second kappa shape index (κ2) is 8.20. The van der Waals surface area contributed by atoms with Crippen LogP contribution in [0.5, 0.6) is 0 Å². The van der Waals surface area contributed by atoms with Gasteiger partial charge in [-0.05, 0) is 23.6 Å². The van der Waals surface area contributed by atoms with Crippen LogP contribution in [0.25, 0.3) is 0 Å². The molecule has 2 aromatic carbocycles. The van der Waals surface area contributed by atoms with E-state index in [1.165, 1.54) is 0 Å².